The SMILES string of the molecule is O=C(O)CN(CC(=O)O)CC(=O)O.[Sb+3]. The molecule has 0 aromatic heterocycles. The fourth-order valence-electron chi connectivity index (χ4n) is 0.742. The van der Waals surface area contributed by atoms with Gasteiger partial charge in [0.25, 0.3) is 0 Å². The average Bonchev–Trinajstić information content (AvgIpc) is 1.80. The smallest absolute Gasteiger partial charge is 0.480 e. The third kappa shape index (κ3) is 9.28. The molecular weight excluding hydrogens is 304 g/mol. The van der Waals surface area contributed by atoms with Crippen molar-refractivity contribution in [3.05, 3.63) is 0 Å². The van der Waals surface area contributed by atoms with Crippen molar-refractivity contribution in [3.63, 3.8) is 0 Å². The van der Waals surface area contributed by atoms with E-state index in [0.29, 0.717) is 0 Å². The summed E-state index contributed by atoms with van der Waals surface area (Å²) < 4.78 is 0. The first kappa shape index (κ1) is 15.7. The standard InChI is InChI=1S/C6H9NO6.Sb/c8-4(9)1-7(2-5(10)11)3-6(12)13;/h1-3H2,(H,8,9)(H,10,11)(H,12,13);/q;+3. The number of carboxylic acids is 3. The maximum absolute atomic E-state index is 10.1. The molecule has 3 N–H and O–H groups in total. The first-order valence-electron chi connectivity index (χ1n) is 3.29. The maximum atomic E-state index is 10.1. The van der Waals surface area contributed by atoms with Crippen LogP contribution in [-0.4, -0.2) is 82.2 Å². The van der Waals surface area contributed by atoms with E-state index in [9.17, 15) is 14.4 Å². The van der Waals surface area contributed by atoms with Crippen molar-refractivity contribution in [2.75, 3.05) is 19.6 Å². The third-order valence-corrected chi connectivity index (χ3v) is 1.08. The summed E-state index contributed by atoms with van der Waals surface area (Å²) in [4.78, 5) is 31.2. The Balaban J connectivity index is 0. The molecule has 0 aliphatic heterocycles. The summed E-state index contributed by atoms with van der Waals surface area (Å²) in [5, 5.41) is 24.8. The molecule has 76 valence electrons. The van der Waals surface area contributed by atoms with E-state index in [1.54, 1.807) is 0 Å². The van der Waals surface area contributed by atoms with Crippen molar-refractivity contribution < 1.29 is 29.7 Å². The van der Waals surface area contributed by atoms with Gasteiger partial charge in [-0.2, -0.15) is 0 Å². The van der Waals surface area contributed by atoms with E-state index in [0.717, 1.165) is 4.90 Å². The summed E-state index contributed by atoms with van der Waals surface area (Å²) in [5.41, 5.74) is 0. The normalized spacial score (nSPS) is 9.21. The Hall–Kier alpha value is -0.812. The number of carboxylic acid groups (broad SMARTS) is 3. The zero-order valence-corrected chi connectivity index (χ0v) is 9.63. The summed E-state index contributed by atoms with van der Waals surface area (Å²) in [6.07, 6.45) is 0. The van der Waals surface area contributed by atoms with Crippen LogP contribution in [0.1, 0.15) is 0 Å². The van der Waals surface area contributed by atoms with Crippen molar-refractivity contribution in [2.24, 2.45) is 0 Å². The molecule has 0 aromatic carbocycles. The van der Waals surface area contributed by atoms with Gasteiger partial charge in [0, 0.05) is 0 Å². The number of hydrogen-bond donors (Lipinski definition) is 3. The van der Waals surface area contributed by atoms with Gasteiger partial charge in [-0.05, 0) is 0 Å². The van der Waals surface area contributed by atoms with Gasteiger partial charge in [0.05, 0.1) is 19.6 Å². The Morgan fingerprint density at radius 1 is 0.786 bits per heavy atom. The topological polar surface area (TPSA) is 115 Å². The summed E-state index contributed by atoms with van der Waals surface area (Å²) >= 11 is 0. The quantitative estimate of drug-likeness (QED) is 0.494. The van der Waals surface area contributed by atoms with Crippen molar-refractivity contribution in [3.8, 4) is 0 Å². The summed E-state index contributed by atoms with van der Waals surface area (Å²) in [5.74, 6) is -3.78. The zero-order valence-electron chi connectivity index (χ0n) is 7.08. The van der Waals surface area contributed by atoms with Gasteiger partial charge in [-0.15, -0.1) is 0 Å². The van der Waals surface area contributed by atoms with Crippen molar-refractivity contribution in [1.82, 2.24) is 4.90 Å². The van der Waals surface area contributed by atoms with Crippen LogP contribution in [0.5, 0.6) is 0 Å². The number of nitrogens with zero attached hydrogens (tertiary/aromatic N) is 1. The molecule has 0 heterocycles. The number of aliphatic carboxylic acids is 3. The van der Waals surface area contributed by atoms with Crippen LogP contribution in [-0.2, 0) is 14.4 Å². The minimum Gasteiger partial charge on any atom is -0.480 e. The van der Waals surface area contributed by atoms with Crippen molar-refractivity contribution >= 4 is 42.3 Å². The van der Waals surface area contributed by atoms with E-state index in [1.165, 1.54) is 0 Å². The van der Waals surface area contributed by atoms with Crippen molar-refractivity contribution in [2.45, 2.75) is 0 Å². The van der Waals surface area contributed by atoms with E-state index < -0.39 is 37.5 Å². The average molecular weight is 313 g/mol. The fraction of sp³-hybridized carbons (Fsp3) is 0.500. The monoisotopic (exact) mass is 312 g/mol. The van der Waals surface area contributed by atoms with E-state index in [-0.39, 0.29) is 24.4 Å². The molecule has 0 spiro atoms. The fourth-order valence-corrected chi connectivity index (χ4v) is 0.742. The Morgan fingerprint density at radius 3 is 1.14 bits per heavy atom. The van der Waals surface area contributed by atoms with Crippen LogP contribution in [0, 0.1) is 0 Å². The van der Waals surface area contributed by atoms with Gasteiger partial charge in [-0.1, -0.05) is 0 Å². The van der Waals surface area contributed by atoms with Crippen molar-refractivity contribution in [1.29, 1.82) is 0 Å². The molecule has 0 fully saturated rings. The van der Waals surface area contributed by atoms with E-state index in [1.807, 2.05) is 0 Å². The van der Waals surface area contributed by atoms with Gasteiger partial charge in [-0.25, -0.2) is 0 Å². The van der Waals surface area contributed by atoms with E-state index >= 15 is 0 Å². The number of rotatable bonds is 6. The van der Waals surface area contributed by atoms with Gasteiger partial charge in [0.15, 0.2) is 0 Å². The summed E-state index contributed by atoms with van der Waals surface area (Å²) in [6.45, 7) is -1.80. The molecule has 0 saturated heterocycles. The van der Waals surface area contributed by atoms with E-state index in [2.05, 4.69) is 0 Å². The Labute approximate surface area is 96.8 Å². The molecule has 7 nitrogen and oxygen atoms in total. The second-order valence-electron chi connectivity index (χ2n) is 2.33. The Bertz CT molecular complexity index is 192. The molecule has 0 bridgehead atoms. The molecular formula is C6H9NO6Sb+3. The first-order valence-corrected chi connectivity index (χ1v) is 3.29. The second-order valence-corrected chi connectivity index (χ2v) is 2.33. The third-order valence-electron chi connectivity index (χ3n) is 1.08. The molecule has 0 aliphatic rings. The van der Waals surface area contributed by atoms with Gasteiger partial charge in [0.1, 0.15) is 0 Å². The van der Waals surface area contributed by atoms with E-state index in [4.69, 9.17) is 15.3 Å². The van der Waals surface area contributed by atoms with Crippen LogP contribution in [0.3, 0.4) is 0 Å². The molecule has 0 aliphatic carbocycles. The predicted molar refractivity (Wildman–Crippen MR) is 45.1 cm³/mol. The van der Waals surface area contributed by atoms with Crippen LogP contribution in [0.4, 0.5) is 0 Å². The van der Waals surface area contributed by atoms with Gasteiger partial charge in [-0.3, -0.25) is 19.3 Å². The van der Waals surface area contributed by atoms with Crippen LogP contribution in [0.2, 0.25) is 0 Å². The molecule has 8 heteroatoms. The minimum absolute atomic E-state index is 0. The molecule has 14 heavy (non-hydrogen) atoms. The maximum Gasteiger partial charge on any atom is 3.00 e. The van der Waals surface area contributed by atoms with Gasteiger partial charge >= 0.3 is 42.3 Å². The first-order chi connectivity index (χ1) is 5.91. The molecule has 0 saturated carbocycles. The molecule has 0 atom stereocenters. The zero-order chi connectivity index (χ0) is 10.4. The number of hydrogen-bond acceptors (Lipinski definition) is 4. The second kappa shape index (κ2) is 7.58. The van der Waals surface area contributed by atoms with Crippen LogP contribution in [0.15, 0.2) is 0 Å². The van der Waals surface area contributed by atoms with Crippen LogP contribution >= 0.6 is 0 Å². The minimum atomic E-state index is -1.26. The Kier molecular flexibility index (Phi) is 8.47. The summed E-state index contributed by atoms with van der Waals surface area (Å²) in [7, 11) is 0. The summed E-state index contributed by atoms with van der Waals surface area (Å²) in [6, 6.07) is 0. The van der Waals surface area contributed by atoms with Gasteiger partial charge < -0.3 is 15.3 Å². The largest absolute Gasteiger partial charge is 3.00 e. The molecule has 0 amide bonds. The molecule has 0 rings (SSSR count). The van der Waals surface area contributed by atoms with Gasteiger partial charge in [0.2, 0.25) is 0 Å². The molecule has 0 unspecified atom stereocenters. The number of carbonyl (C=O) groups is 3. The molecule has 0 aromatic rings. The predicted octanol–water partition coefficient (Wildman–Crippen LogP) is -1.84. The van der Waals surface area contributed by atoms with Crippen LogP contribution in [0.25, 0.3) is 0 Å². The molecule has 2 radical (unpaired) electrons. The Morgan fingerprint density at radius 2 is 1.00 bits per heavy atom. The van der Waals surface area contributed by atoms with Crippen LogP contribution < -0.4 is 0 Å².